The van der Waals surface area contributed by atoms with Crippen LogP contribution in [0, 0.1) is 5.41 Å². The number of hydrogen-bond acceptors (Lipinski definition) is 3. The maximum atomic E-state index is 12.3. The fraction of sp³-hybridized carbons (Fsp3) is 0.462. The van der Waals surface area contributed by atoms with Crippen molar-refractivity contribution in [3.8, 4) is 0 Å². The highest BCUT2D eigenvalue weighted by Gasteiger charge is 2.47. The molecule has 1 heterocycles. The van der Waals surface area contributed by atoms with Crippen molar-refractivity contribution < 1.29 is 4.79 Å². The Labute approximate surface area is 112 Å². The van der Waals surface area contributed by atoms with Gasteiger partial charge in [0.2, 0.25) is 5.91 Å². The highest BCUT2D eigenvalue weighted by molar-refractivity contribution is 7.80. The molecule has 5 heteroatoms. The number of carbonyl (C=O) groups is 1. The van der Waals surface area contributed by atoms with Crippen LogP contribution < -0.4 is 11.1 Å². The van der Waals surface area contributed by atoms with Gasteiger partial charge in [-0.3, -0.25) is 9.78 Å². The summed E-state index contributed by atoms with van der Waals surface area (Å²) >= 11 is 5.03. The second kappa shape index (κ2) is 5.02. The van der Waals surface area contributed by atoms with Gasteiger partial charge in [-0.1, -0.05) is 24.7 Å². The van der Waals surface area contributed by atoms with Crippen molar-refractivity contribution >= 4 is 23.1 Å². The summed E-state index contributed by atoms with van der Waals surface area (Å²) in [5.74, 6) is -0.0578. The Morgan fingerprint density at radius 1 is 1.61 bits per heavy atom. The molecule has 0 aliphatic heterocycles. The first-order valence-corrected chi connectivity index (χ1v) is 6.48. The van der Waals surface area contributed by atoms with E-state index < -0.39 is 5.41 Å². The molecule has 4 nitrogen and oxygen atoms in total. The second-order valence-corrected chi connectivity index (χ2v) is 5.22. The van der Waals surface area contributed by atoms with Gasteiger partial charge in [-0.2, -0.15) is 0 Å². The van der Waals surface area contributed by atoms with Gasteiger partial charge in [0, 0.05) is 12.4 Å². The van der Waals surface area contributed by atoms with Gasteiger partial charge >= 0.3 is 0 Å². The zero-order valence-corrected chi connectivity index (χ0v) is 11.2. The lowest BCUT2D eigenvalue weighted by atomic mass is 9.68. The number of nitrogens with two attached hydrogens (primary N) is 1. The summed E-state index contributed by atoms with van der Waals surface area (Å²) < 4.78 is 0. The second-order valence-electron chi connectivity index (χ2n) is 4.78. The van der Waals surface area contributed by atoms with E-state index >= 15 is 0 Å². The van der Waals surface area contributed by atoms with E-state index in [-0.39, 0.29) is 11.9 Å². The number of hydrogen-bond donors (Lipinski definition) is 2. The topological polar surface area (TPSA) is 68.0 Å². The van der Waals surface area contributed by atoms with Crippen LogP contribution in [0.5, 0.6) is 0 Å². The van der Waals surface area contributed by atoms with Crippen molar-refractivity contribution in [1.29, 1.82) is 0 Å². The Hall–Kier alpha value is -1.49. The van der Waals surface area contributed by atoms with Gasteiger partial charge in [0.1, 0.15) is 0 Å². The SMILES string of the molecule is CC(NC(=O)C1(C(N)=S)CCC1)c1cccnc1. The van der Waals surface area contributed by atoms with Gasteiger partial charge in [0.05, 0.1) is 16.4 Å². The molecule has 1 aliphatic carbocycles. The third-order valence-corrected chi connectivity index (χ3v) is 4.04. The van der Waals surface area contributed by atoms with Crippen molar-refractivity contribution in [2.45, 2.75) is 32.2 Å². The maximum Gasteiger partial charge on any atom is 0.233 e. The highest BCUT2D eigenvalue weighted by atomic mass is 32.1. The first kappa shape index (κ1) is 13.0. The Balaban J connectivity index is 2.06. The van der Waals surface area contributed by atoms with Crippen molar-refractivity contribution in [2.24, 2.45) is 11.1 Å². The number of amides is 1. The van der Waals surface area contributed by atoms with Crippen LogP contribution in [0.2, 0.25) is 0 Å². The van der Waals surface area contributed by atoms with Gasteiger partial charge in [0.15, 0.2) is 0 Å². The monoisotopic (exact) mass is 263 g/mol. The van der Waals surface area contributed by atoms with Gasteiger partial charge in [-0.15, -0.1) is 0 Å². The molecule has 0 bridgehead atoms. The average Bonchev–Trinajstić information content (AvgIpc) is 2.28. The number of rotatable bonds is 4. The average molecular weight is 263 g/mol. The number of carbonyl (C=O) groups excluding carboxylic acids is 1. The molecule has 96 valence electrons. The summed E-state index contributed by atoms with van der Waals surface area (Å²) in [5.41, 5.74) is 6.06. The summed E-state index contributed by atoms with van der Waals surface area (Å²) in [4.78, 5) is 16.6. The molecule has 0 aromatic carbocycles. The zero-order chi connectivity index (χ0) is 13.2. The van der Waals surface area contributed by atoms with Crippen LogP contribution in [-0.4, -0.2) is 15.9 Å². The minimum Gasteiger partial charge on any atom is -0.392 e. The van der Waals surface area contributed by atoms with Crippen LogP contribution in [0.25, 0.3) is 0 Å². The summed E-state index contributed by atoms with van der Waals surface area (Å²) in [6.07, 6.45) is 5.98. The van der Waals surface area contributed by atoms with Gasteiger partial charge in [-0.25, -0.2) is 0 Å². The number of pyridine rings is 1. The number of nitrogens with zero attached hydrogens (tertiary/aromatic N) is 1. The van der Waals surface area contributed by atoms with Gasteiger partial charge in [-0.05, 0) is 31.4 Å². The summed E-state index contributed by atoms with van der Waals surface area (Å²) in [6.45, 7) is 1.93. The quantitative estimate of drug-likeness (QED) is 0.812. The maximum absolute atomic E-state index is 12.3. The molecule has 1 amide bonds. The fourth-order valence-electron chi connectivity index (χ4n) is 2.17. The highest BCUT2D eigenvalue weighted by Crippen LogP contribution is 2.41. The van der Waals surface area contributed by atoms with Crippen LogP contribution in [0.3, 0.4) is 0 Å². The van der Waals surface area contributed by atoms with E-state index in [2.05, 4.69) is 10.3 Å². The van der Waals surface area contributed by atoms with E-state index in [1.807, 2.05) is 19.1 Å². The van der Waals surface area contributed by atoms with E-state index in [1.165, 1.54) is 0 Å². The molecule has 3 N–H and O–H groups in total. The molecular weight excluding hydrogens is 246 g/mol. The predicted molar refractivity (Wildman–Crippen MR) is 73.9 cm³/mol. The Bertz CT molecular complexity index is 457. The lowest BCUT2D eigenvalue weighted by Gasteiger charge is -2.39. The van der Waals surface area contributed by atoms with Crippen molar-refractivity contribution in [3.05, 3.63) is 30.1 Å². The van der Waals surface area contributed by atoms with Crippen LogP contribution in [0.1, 0.15) is 37.8 Å². The third-order valence-electron chi connectivity index (χ3n) is 3.65. The van der Waals surface area contributed by atoms with E-state index in [0.29, 0.717) is 4.99 Å². The first-order chi connectivity index (χ1) is 8.56. The molecule has 1 aromatic heterocycles. The minimum atomic E-state index is -0.619. The molecule has 18 heavy (non-hydrogen) atoms. The van der Waals surface area contributed by atoms with E-state index in [9.17, 15) is 4.79 Å². The zero-order valence-electron chi connectivity index (χ0n) is 10.3. The molecule has 1 fully saturated rings. The number of thiocarbonyl (C=S) groups is 1. The lowest BCUT2D eigenvalue weighted by Crippen LogP contribution is -2.53. The number of nitrogens with one attached hydrogen (secondary N) is 1. The summed E-state index contributed by atoms with van der Waals surface area (Å²) in [7, 11) is 0. The summed E-state index contributed by atoms with van der Waals surface area (Å²) in [6, 6.07) is 3.70. The summed E-state index contributed by atoms with van der Waals surface area (Å²) in [5, 5.41) is 2.97. The van der Waals surface area contributed by atoms with E-state index in [0.717, 1.165) is 24.8 Å². The van der Waals surface area contributed by atoms with Gasteiger partial charge < -0.3 is 11.1 Å². The smallest absolute Gasteiger partial charge is 0.233 e. The van der Waals surface area contributed by atoms with Crippen molar-refractivity contribution in [3.63, 3.8) is 0 Å². The molecule has 1 aliphatic rings. The van der Waals surface area contributed by atoms with E-state index in [1.54, 1.807) is 12.4 Å². The molecule has 1 saturated carbocycles. The third kappa shape index (κ3) is 2.22. The predicted octanol–water partition coefficient (Wildman–Crippen LogP) is 1.72. The molecule has 0 saturated heterocycles. The molecule has 0 radical (unpaired) electrons. The van der Waals surface area contributed by atoms with Crippen molar-refractivity contribution in [1.82, 2.24) is 10.3 Å². The molecule has 1 unspecified atom stereocenters. The normalized spacial score (nSPS) is 18.5. The van der Waals surface area contributed by atoms with Gasteiger partial charge in [0.25, 0.3) is 0 Å². The van der Waals surface area contributed by atoms with Crippen LogP contribution in [0.4, 0.5) is 0 Å². The Morgan fingerprint density at radius 2 is 2.33 bits per heavy atom. The first-order valence-electron chi connectivity index (χ1n) is 6.07. The minimum absolute atomic E-state index is 0.0578. The standard InChI is InChI=1S/C13H17N3OS/c1-9(10-4-2-7-15-8-10)16-12(17)13(11(14)18)5-3-6-13/h2,4,7-9H,3,5-6H2,1H3,(H2,14,18)(H,16,17). The molecule has 1 atom stereocenters. The van der Waals surface area contributed by atoms with E-state index in [4.69, 9.17) is 18.0 Å². The Morgan fingerprint density at radius 3 is 2.78 bits per heavy atom. The van der Waals surface area contributed by atoms with Crippen LogP contribution in [0.15, 0.2) is 24.5 Å². The van der Waals surface area contributed by atoms with Crippen LogP contribution in [-0.2, 0) is 4.79 Å². The molecule has 1 aromatic rings. The lowest BCUT2D eigenvalue weighted by molar-refractivity contribution is -0.131. The molecule has 0 spiro atoms. The van der Waals surface area contributed by atoms with Crippen LogP contribution >= 0.6 is 12.2 Å². The fourth-order valence-corrected chi connectivity index (χ4v) is 2.46. The Kier molecular flexibility index (Phi) is 3.61. The largest absolute Gasteiger partial charge is 0.392 e. The number of aromatic nitrogens is 1. The molecule has 2 rings (SSSR count). The molecular formula is C13H17N3OS. The van der Waals surface area contributed by atoms with Crippen molar-refractivity contribution in [2.75, 3.05) is 0 Å².